The largest absolute Gasteiger partial charge is 0.496 e. The molecule has 0 unspecified atom stereocenters. The molecule has 5 rings (SSSR count). The van der Waals surface area contributed by atoms with Gasteiger partial charge in [-0.05, 0) is 54.2 Å². The van der Waals surface area contributed by atoms with Crippen LogP contribution in [0, 0.1) is 18.8 Å². The zero-order valence-electron chi connectivity index (χ0n) is 23.2. The third-order valence-corrected chi connectivity index (χ3v) is 6.99. The third kappa shape index (κ3) is 7.19. The zero-order valence-corrected chi connectivity index (χ0v) is 23.2. The lowest BCUT2D eigenvalue weighted by Crippen LogP contribution is -2.12. The van der Waals surface area contributed by atoms with Crippen LogP contribution in [0.25, 0.3) is 21.7 Å². The minimum absolute atomic E-state index is 0.812. The number of anilines is 1. The van der Waals surface area contributed by atoms with Gasteiger partial charge in [0.15, 0.2) is 0 Å². The Bertz CT molecular complexity index is 1230. The number of benzene rings is 3. The Balaban J connectivity index is 0.000000157. The van der Waals surface area contributed by atoms with Gasteiger partial charge in [-0.25, -0.2) is 9.97 Å². The average molecular weight is 486 g/mol. The number of aryl methyl sites for hydroxylation is 2. The number of rotatable bonds is 3. The lowest BCUT2D eigenvalue weighted by molar-refractivity contribution is 0.308. The standard InChI is InChI=1S/C13H14O.C11H13N3.C8H16/c1-3-11-12-7-5-4-6-10(12)8-9-13(11)14-2;1-8-12-10-7-5-4-6-9(10)11(13-8)14(2)3;1-7-3-5-8(2)6-4-7/h4-9H,3H2,1-2H3;4-7H,1-3H3;7-8H,3-6H2,1-2H3. The van der Waals surface area contributed by atoms with Gasteiger partial charge in [0.1, 0.15) is 17.4 Å². The van der Waals surface area contributed by atoms with Crippen molar-refractivity contribution in [1.82, 2.24) is 9.97 Å². The number of nitrogens with zero attached hydrogens (tertiary/aromatic N) is 3. The fourth-order valence-corrected chi connectivity index (χ4v) is 4.81. The summed E-state index contributed by atoms with van der Waals surface area (Å²) in [4.78, 5) is 10.8. The van der Waals surface area contributed by atoms with Crippen molar-refractivity contribution in [2.75, 3.05) is 26.1 Å². The van der Waals surface area contributed by atoms with Crippen molar-refractivity contribution < 1.29 is 4.74 Å². The summed E-state index contributed by atoms with van der Waals surface area (Å²) in [6, 6.07) is 20.6. The van der Waals surface area contributed by atoms with Crippen molar-refractivity contribution in [3.63, 3.8) is 0 Å². The Morgan fingerprint density at radius 2 is 1.39 bits per heavy atom. The summed E-state index contributed by atoms with van der Waals surface area (Å²) in [6.07, 6.45) is 6.90. The Hall–Kier alpha value is -3.14. The molecule has 0 amide bonds. The Morgan fingerprint density at radius 1 is 0.806 bits per heavy atom. The third-order valence-electron chi connectivity index (χ3n) is 6.99. The van der Waals surface area contributed by atoms with E-state index in [1.165, 1.54) is 42.0 Å². The molecule has 0 atom stereocenters. The summed E-state index contributed by atoms with van der Waals surface area (Å²) < 4.78 is 5.34. The van der Waals surface area contributed by atoms with E-state index in [2.05, 4.69) is 61.1 Å². The molecule has 0 N–H and O–H groups in total. The first-order valence-corrected chi connectivity index (χ1v) is 13.3. The number of fused-ring (bicyclic) bond motifs is 2. The number of hydrogen-bond acceptors (Lipinski definition) is 4. The SMILES string of the molecule is CC1CCC(C)CC1.CCc1c(OC)ccc2ccccc12.Cc1nc(N(C)C)c2ccccc2n1. The van der Waals surface area contributed by atoms with Gasteiger partial charge in [0, 0.05) is 25.0 Å². The van der Waals surface area contributed by atoms with Gasteiger partial charge in [0.05, 0.1) is 12.6 Å². The summed E-state index contributed by atoms with van der Waals surface area (Å²) in [5, 5.41) is 3.68. The van der Waals surface area contributed by atoms with E-state index in [0.29, 0.717) is 0 Å². The van der Waals surface area contributed by atoms with Crippen LogP contribution in [0.3, 0.4) is 0 Å². The number of methoxy groups -OCH3 is 1. The minimum Gasteiger partial charge on any atom is -0.496 e. The van der Waals surface area contributed by atoms with E-state index >= 15 is 0 Å². The van der Waals surface area contributed by atoms with Crippen LogP contribution in [0.5, 0.6) is 5.75 Å². The maximum atomic E-state index is 5.34. The van der Waals surface area contributed by atoms with Crippen molar-refractivity contribution in [3.8, 4) is 5.75 Å². The predicted molar refractivity (Wildman–Crippen MR) is 155 cm³/mol. The molecule has 0 bridgehead atoms. The lowest BCUT2D eigenvalue weighted by Gasteiger charge is -2.22. The van der Waals surface area contributed by atoms with Crippen LogP contribution in [-0.4, -0.2) is 31.2 Å². The van der Waals surface area contributed by atoms with Crippen molar-refractivity contribution in [2.24, 2.45) is 11.8 Å². The molecular formula is C32H43N3O. The number of aromatic nitrogens is 2. The molecule has 4 nitrogen and oxygen atoms in total. The van der Waals surface area contributed by atoms with Gasteiger partial charge in [-0.15, -0.1) is 0 Å². The highest BCUT2D eigenvalue weighted by molar-refractivity contribution is 5.89. The molecule has 1 saturated carbocycles. The Kier molecular flexibility index (Phi) is 10.1. The van der Waals surface area contributed by atoms with E-state index in [1.54, 1.807) is 7.11 Å². The summed E-state index contributed by atoms with van der Waals surface area (Å²) in [6.45, 7) is 8.81. The first-order chi connectivity index (χ1) is 17.3. The molecule has 0 spiro atoms. The Morgan fingerprint density at radius 3 is 1.97 bits per heavy atom. The van der Waals surface area contributed by atoms with E-state index < -0.39 is 0 Å². The molecule has 1 heterocycles. The highest BCUT2D eigenvalue weighted by Crippen LogP contribution is 2.28. The fraction of sp³-hybridized carbons (Fsp3) is 0.438. The van der Waals surface area contributed by atoms with Crippen molar-refractivity contribution in [1.29, 1.82) is 0 Å². The van der Waals surface area contributed by atoms with Crippen LogP contribution in [0.2, 0.25) is 0 Å². The minimum atomic E-state index is 0.812. The number of para-hydroxylation sites is 1. The molecule has 0 saturated heterocycles. The van der Waals surface area contributed by atoms with Gasteiger partial charge >= 0.3 is 0 Å². The zero-order chi connectivity index (χ0) is 26.1. The topological polar surface area (TPSA) is 38.2 Å². The van der Waals surface area contributed by atoms with Gasteiger partial charge in [-0.2, -0.15) is 0 Å². The van der Waals surface area contributed by atoms with Crippen molar-refractivity contribution >= 4 is 27.5 Å². The summed E-state index contributed by atoms with van der Waals surface area (Å²) in [5.41, 5.74) is 2.30. The molecule has 1 aliphatic rings. The molecule has 4 aromatic rings. The van der Waals surface area contributed by atoms with Gasteiger partial charge in [-0.3, -0.25) is 0 Å². The first-order valence-electron chi connectivity index (χ1n) is 13.3. The summed E-state index contributed by atoms with van der Waals surface area (Å²) >= 11 is 0. The van der Waals surface area contributed by atoms with Crippen LogP contribution < -0.4 is 9.64 Å². The van der Waals surface area contributed by atoms with E-state index in [4.69, 9.17) is 4.74 Å². The molecule has 3 aromatic carbocycles. The molecule has 0 aliphatic heterocycles. The molecule has 1 aromatic heterocycles. The van der Waals surface area contributed by atoms with Crippen LogP contribution in [0.15, 0.2) is 60.7 Å². The van der Waals surface area contributed by atoms with Gasteiger partial charge in [0.2, 0.25) is 0 Å². The number of ether oxygens (including phenoxy) is 1. The summed E-state index contributed by atoms with van der Waals surface area (Å²) in [5.74, 6) is 4.82. The fourth-order valence-electron chi connectivity index (χ4n) is 4.81. The van der Waals surface area contributed by atoms with Crippen LogP contribution in [0.1, 0.15) is 57.8 Å². The number of hydrogen-bond donors (Lipinski definition) is 0. The molecule has 1 fully saturated rings. The van der Waals surface area contributed by atoms with Crippen LogP contribution in [-0.2, 0) is 6.42 Å². The maximum Gasteiger partial charge on any atom is 0.139 e. The van der Waals surface area contributed by atoms with Gasteiger partial charge in [-0.1, -0.05) is 88.9 Å². The first kappa shape index (κ1) is 27.4. The highest BCUT2D eigenvalue weighted by Gasteiger charge is 2.13. The second-order valence-electron chi connectivity index (χ2n) is 10.2. The molecule has 4 heteroatoms. The second-order valence-corrected chi connectivity index (χ2v) is 10.2. The van der Waals surface area contributed by atoms with Crippen molar-refractivity contribution in [2.45, 2.75) is 59.8 Å². The molecule has 36 heavy (non-hydrogen) atoms. The molecule has 0 radical (unpaired) electrons. The maximum absolute atomic E-state index is 5.34. The molecule has 192 valence electrons. The lowest BCUT2D eigenvalue weighted by atomic mass is 9.84. The second kappa shape index (κ2) is 13.2. The Labute approximate surface area is 217 Å². The van der Waals surface area contributed by atoms with Gasteiger partial charge < -0.3 is 9.64 Å². The highest BCUT2D eigenvalue weighted by atomic mass is 16.5. The molecular weight excluding hydrogens is 442 g/mol. The average Bonchev–Trinajstić information content (AvgIpc) is 2.89. The van der Waals surface area contributed by atoms with E-state index in [9.17, 15) is 0 Å². The predicted octanol–water partition coefficient (Wildman–Crippen LogP) is 8.25. The van der Waals surface area contributed by atoms with E-state index in [0.717, 1.165) is 46.6 Å². The van der Waals surface area contributed by atoms with Gasteiger partial charge in [0.25, 0.3) is 0 Å². The van der Waals surface area contributed by atoms with Crippen molar-refractivity contribution in [3.05, 3.63) is 72.1 Å². The smallest absolute Gasteiger partial charge is 0.139 e. The monoisotopic (exact) mass is 485 g/mol. The molecule has 1 aliphatic carbocycles. The van der Waals surface area contributed by atoms with E-state index in [1.807, 2.05) is 56.3 Å². The summed E-state index contributed by atoms with van der Waals surface area (Å²) in [7, 11) is 5.71. The van der Waals surface area contributed by atoms with Crippen LogP contribution in [0.4, 0.5) is 5.82 Å². The van der Waals surface area contributed by atoms with E-state index in [-0.39, 0.29) is 0 Å². The quantitative estimate of drug-likeness (QED) is 0.293. The normalized spacial score (nSPS) is 17.0. The van der Waals surface area contributed by atoms with Crippen LogP contribution >= 0.6 is 0 Å².